The highest BCUT2D eigenvalue weighted by Gasteiger charge is 2.35. The summed E-state index contributed by atoms with van der Waals surface area (Å²) in [6.07, 6.45) is 0. The topological polar surface area (TPSA) is 130 Å². The maximum atomic E-state index is 11.7. The van der Waals surface area contributed by atoms with E-state index < -0.39 is 21.9 Å². The summed E-state index contributed by atoms with van der Waals surface area (Å²) in [5, 5.41) is 16.3. The van der Waals surface area contributed by atoms with E-state index in [0.29, 0.717) is 5.56 Å². The zero-order valence-electron chi connectivity index (χ0n) is 11.0. The Morgan fingerprint density at radius 3 is 2.33 bits per heavy atom. The van der Waals surface area contributed by atoms with E-state index in [2.05, 4.69) is 5.32 Å². The standard InChI is InChI=1S/C12H15N3O5S/c13-21(19,20)10-3-1-8(2-4-10)5-14-12(18)15-6-9(7-15)11(16)17/h1-4,9H,5-7H2,(H,14,18)(H,16,17)(H2,13,19,20). The lowest BCUT2D eigenvalue weighted by Crippen LogP contribution is -2.56. The van der Waals surface area contributed by atoms with Gasteiger partial charge in [-0.15, -0.1) is 0 Å². The van der Waals surface area contributed by atoms with Gasteiger partial charge in [0.2, 0.25) is 10.0 Å². The molecule has 0 aliphatic carbocycles. The van der Waals surface area contributed by atoms with E-state index in [1.165, 1.54) is 17.0 Å². The van der Waals surface area contributed by atoms with Crippen LogP contribution in [0.25, 0.3) is 0 Å². The molecule has 9 heteroatoms. The molecule has 0 radical (unpaired) electrons. The number of nitrogens with zero attached hydrogens (tertiary/aromatic N) is 1. The third-order valence-electron chi connectivity index (χ3n) is 3.21. The predicted molar refractivity (Wildman–Crippen MR) is 72.7 cm³/mol. The highest BCUT2D eigenvalue weighted by Crippen LogP contribution is 2.15. The van der Waals surface area contributed by atoms with Crippen molar-refractivity contribution in [3.63, 3.8) is 0 Å². The molecule has 8 nitrogen and oxygen atoms in total. The van der Waals surface area contributed by atoms with Gasteiger partial charge in [0.05, 0.1) is 10.8 Å². The van der Waals surface area contributed by atoms with Crippen LogP contribution >= 0.6 is 0 Å². The van der Waals surface area contributed by atoms with E-state index in [1.54, 1.807) is 12.1 Å². The van der Waals surface area contributed by atoms with Crippen molar-refractivity contribution in [1.82, 2.24) is 10.2 Å². The Hall–Kier alpha value is -2.13. The number of carboxylic acids is 1. The number of primary sulfonamides is 1. The number of urea groups is 1. The lowest BCUT2D eigenvalue weighted by atomic mass is 10.0. The number of nitrogens with one attached hydrogen (secondary N) is 1. The molecule has 1 saturated heterocycles. The zero-order chi connectivity index (χ0) is 15.6. The molecule has 21 heavy (non-hydrogen) atoms. The molecule has 0 spiro atoms. The highest BCUT2D eigenvalue weighted by molar-refractivity contribution is 7.89. The predicted octanol–water partition coefficient (Wildman–Crippen LogP) is -0.440. The fourth-order valence-corrected chi connectivity index (χ4v) is 2.40. The summed E-state index contributed by atoms with van der Waals surface area (Å²) in [7, 11) is -3.72. The average Bonchev–Trinajstić information content (AvgIpc) is 2.33. The normalized spacial score (nSPS) is 15.4. The molecule has 1 aliphatic rings. The van der Waals surface area contributed by atoms with Crippen molar-refractivity contribution in [3.8, 4) is 0 Å². The Kier molecular flexibility index (Phi) is 4.14. The van der Waals surface area contributed by atoms with Crippen LogP contribution in [0.15, 0.2) is 29.2 Å². The molecule has 0 saturated carbocycles. The third kappa shape index (κ3) is 3.70. The van der Waals surface area contributed by atoms with Crippen LogP contribution in [-0.4, -0.2) is 43.5 Å². The molecule has 2 rings (SSSR count). The Morgan fingerprint density at radius 2 is 1.86 bits per heavy atom. The van der Waals surface area contributed by atoms with Gasteiger partial charge in [-0.1, -0.05) is 12.1 Å². The van der Waals surface area contributed by atoms with Crippen LogP contribution in [0.4, 0.5) is 4.79 Å². The molecule has 0 aromatic heterocycles. The van der Waals surface area contributed by atoms with Crippen LogP contribution in [0.5, 0.6) is 0 Å². The molecule has 0 bridgehead atoms. The largest absolute Gasteiger partial charge is 0.481 e. The molecular formula is C12H15N3O5S. The number of likely N-dealkylation sites (tertiary alicyclic amines) is 1. The van der Waals surface area contributed by atoms with Gasteiger partial charge >= 0.3 is 12.0 Å². The van der Waals surface area contributed by atoms with Crippen LogP contribution in [0.1, 0.15) is 5.56 Å². The highest BCUT2D eigenvalue weighted by atomic mass is 32.2. The van der Waals surface area contributed by atoms with Crippen molar-refractivity contribution < 1.29 is 23.1 Å². The summed E-state index contributed by atoms with van der Waals surface area (Å²) < 4.78 is 22.2. The van der Waals surface area contributed by atoms with Gasteiger partial charge in [0.1, 0.15) is 0 Å². The molecule has 1 aromatic carbocycles. The van der Waals surface area contributed by atoms with Crippen molar-refractivity contribution in [1.29, 1.82) is 0 Å². The fourth-order valence-electron chi connectivity index (χ4n) is 1.89. The fraction of sp³-hybridized carbons (Fsp3) is 0.333. The summed E-state index contributed by atoms with van der Waals surface area (Å²) in [4.78, 5) is 23.7. The lowest BCUT2D eigenvalue weighted by Gasteiger charge is -2.36. The van der Waals surface area contributed by atoms with Gasteiger partial charge in [-0.25, -0.2) is 18.4 Å². The van der Waals surface area contributed by atoms with E-state index in [9.17, 15) is 18.0 Å². The lowest BCUT2D eigenvalue weighted by molar-refractivity contribution is -0.146. The summed E-state index contributed by atoms with van der Waals surface area (Å²) in [6.45, 7) is 0.620. The van der Waals surface area contributed by atoms with Gasteiger partial charge < -0.3 is 15.3 Å². The second-order valence-corrected chi connectivity index (χ2v) is 6.35. The number of hydrogen-bond acceptors (Lipinski definition) is 4. The van der Waals surface area contributed by atoms with Crippen molar-refractivity contribution in [2.24, 2.45) is 11.1 Å². The smallest absolute Gasteiger partial charge is 0.317 e. The molecular weight excluding hydrogens is 298 g/mol. The first-order valence-electron chi connectivity index (χ1n) is 6.14. The van der Waals surface area contributed by atoms with E-state index >= 15 is 0 Å². The minimum absolute atomic E-state index is 0.00428. The Balaban J connectivity index is 1.84. The Labute approximate surface area is 121 Å². The summed E-state index contributed by atoms with van der Waals surface area (Å²) >= 11 is 0. The number of sulfonamides is 1. The van der Waals surface area contributed by atoms with Crippen LogP contribution in [0, 0.1) is 5.92 Å². The molecule has 1 heterocycles. The number of amides is 2. The Morgan fingerprint density at radius 1 is 1.29 bits per heavy atom. The number of rotatable bonds is 4. The summed E-state index contributed by atoms with van der Waals surface area (Å²) in [6, 6.07) is 5.48. The quantitative estimate of drug-likeness (QED) is 0.694. The number of hydrogen-bond donors (Lipinski definition) is 3. The molecule has 0 atom stereocenters. The molecule has 1 aliphatic heterocycles. The molecule has 2 amide bonds. The van der Waals surface area contributed by atoms with Crippen molar-refractivity contribution >= 4 is 22.0 Å². The van der Waals surface area contributed by atoms with Gasteiger partial charge in [-0.05, 0) is 17.7 Å². The first-order chi connectivity index (χ1) is 9.77. The first kappa shape index (κ1) is 15.3. The summed E-state index contributed by atoms with van der Waals surface area (Å²) in [5.41, 5.74) is 0.714. The second kappa shape index (κ2) is 5.70. The number of benzene rings is 1. The molecule has 0 unspecified atom stereocenters. The van der Waals surface area contributed by atoms with E-state index in [4.69, 9.17) is 10.2 Å². The number of aliphatic carboxylic acids is 1. The van der Waals surface area contributed by atoms with Gasteiger partial charge in [0.25, 0.3) is 0 Å². The number of carboxylic acid groups (broad SMARTS) is 1. The molecule has 114 valence electrons. The van der Waals surface area contributed by atoms with E-state index in [0.717, 1.165) is 0 Å². The van der Waals surface area contributed by atoms with Gasteiger partial charge in [0.15, 0.2) is 0 Å². The SMILES string of the molecule is NS(=O)(=O)c1ccc(CNC(=O)N2CC(C(=O)O)C2)cc1. The van der Waals surface area contributed by atoms with Crippen LogP contribution in [-0.2, 0) is 21.4 Å². The van der Waals surface area contributed by atoms with Crippen LogP contribution in [0.2, 0.25) is 0 Å². The Bertz CT molecular complexity index is 650. The molecule has 4 N–H and O–H groups in total. The average molecular weight is 313 g/mol. The molecule has 1 aromatic rings. The second-order valence-electron chi connectivity index (χ2n) is 4.79. The van der Waals surface area contributed by atoms with Gasteiger partial charge in [-0.2, -0.15) is 0 Å². The maximum absolute atomic E-state index is 11.7. The minimum Gasteiger partial charge on any atom is -0.481 e. The number of nitrogens with two attached hydrogens (primary N) is 1. The van der Waals surface area contributed by atoms with Gasteiger partial charge in [-0.3, -0.25) is 4.79 Å². The van der Waals surface area contributed by atoms with E-state index in [-0.39, 0.29) is 30.6 Å². The molecule has 1 fully saturated rings. The monoisotopic (exact) mass is 313 g/mol. The third-order valence-corrected chi connectivity index (χ3v) is 4.14. The van der Waals surface area contributed by atoms with Crippen molar-refractivity contribution in [2.45, 2.75) is 11.4 Å². The van der Waals surface area contributed by atoms with Crippen molar-refractivity contribution in [2.75, 3.05) is 13.1 Å². The maximum Gasteiger partial charge on any atom is 0.317 e. The van der Waals surface area contributed by atoms with E-state index in [1.807, 2.05) is 0 Å². The number of carbonyl (C=O) groups is 2. The van der Waals surface area contributed by atoms with Gasteiger partial charge in [0, 0.05) is 19.6 Å². The number of carbonyl (C=O) groups excluding carboxylic acids is 1. The van der Waals surface area contributed by atoms with Crippen molar-refractivity contribution in [3.05, 3.63) is 29.8 Å². The minimum atomic E-state index is -3.72. The zero-order valence-corrected chi connectivity index (χ0v) is 11.8. The van der Waals surface area contributed by atoms with Crippen LogP contribution < -0.4 is 10.5 Å². The van der Waals surface area contributed by atoms with Crippen LogP contribution in [0.3, 0.4) is 0 Å². The summed E-state index contributed by atoms with van der Waals surface area (Å²) in [5.74, 6) is -1.40. The first-order valence-corrected chi connectivity index (χ1v) is 7.69.